The van der Waals surface area contributed by atoms with Gasteiger partial charge in [-0.3, -0.25) is 4.90 Å². The van der Waals surface area contributed by atoms with Crippen LogP contribution in [0.2, 0.25) is 0 Å². The molecule has 0 unspecified atom stereocenters. The van der Waals surface area contributed by atoms with Gasteiger partial charge in [-0.15, -0.1) is 23.7 Å². The Kier molecular flexibility index (Phi) is 8.00. The second-order valence-electron chi connectivity index (χ2n) is 7.03. The van der Waals surface area contributed by atoms with E-state index in [0.29, 0.717) is 5.13 Å². The van der Waals surface area contributed by atoms with Gasteiger partial charge >= 0.3 is 0 Å². The molecule has 0 atom stereocenters. The van der Waals surface area contributed by atoms with Crippen LogP contribution in [-0.2, 0) is 13.0 Å². The largest absolute Gasteiger partial charge is 0.497 e. The molecule has 0 saturated carbocycles. The van der Waals surface area contributed by atoms with E-state index in [2.05, 4.69) is 42.8 Å². The first-order valence-electron chi connectivity index (χ1n) is 7.91. The third kappa shape index (κ3) is 7.07. The fourth-order valence-electron chi connectivity index (χ4n) is 2.58. The van der Waals surface area contributed by atoms with Gasteiger partial charge in [0.2, 0.25) is 0 Å². The van der Waals surface area contributed by atoms with Crippen LogP contribution in [0.25, 0.3) is 0 Å². The van der Waals surface area contributed by atoms with Crippen molar-refractivity contribution in [3.05, 3.63) is 40.9 Å². The third-order valence-electron chi connectivity index (χ3n) is 3.52. The maximum atomic E-state index is 5.75. The first-order chi connectivity index (χ1) is 10.9. The number of nitrogen functional groups attached to an aromatic ring is 1. The van der Waals surface area contributed by atoms with Crippen LogP contribution in [-0.4, -0.2) is 30.1 Å². The Morgan fingerprint density at radius 2 is 1.88 bits per heavy atom. The molecule has 1 heterocycles. The number of aromatic nitrogens is 1. The highest BCUT2D eigenvalue weighted by atomic mass is 35.5. The van der Waals surface area contributed by atoms with E-state index in [4.69, 9.17) is 10.5 Å². The molecule has 0 aliphatic carbocycles. The van der Waals surface area contributed by atoms with Crippen molar-refractivity contribution in [3.8, 4) is 5.75 Å². The Bertz CT molecular complexity index is 607. The lowest BCUT2D eigenvalue weighted by Gasteiger charge is -2.29. The number of rotatable bonds is 7. The van der Waals surface area contributed by atoms with Crippen LogP contribution in [0, 0.1) is 5.41 Å². The zero-order valence-corrected chi connectivity index (χ0v) is 16.5. The Labute approximate surface area is 155 Å². The van der Waals surface area contributed by atoms with Crippen molar-refractivity contribution in [3.63, 3.8) is 0 Å². The quantitative estimate of drug-likeness (QED) is 0.792. The molecular weight excluding hydrogens is 342 g/mol. The number of methoxy groups -OCH3 is 1. The van der Waals surface area contributed by atoms with Crippen LogP contribution in [0.3, 0.4) is 0 Å². The number of benzene rings is 1. The molecule has 0 saturated heterocycles. The number of thiazole rings is 1. The summed E-state index contributed by atoms with van der Waals surface area (Å²) in [6.07, 6.45) is 2.91. The van der Waals surface area contributed by atoms with Gasteiger partial charge in [-0.05, 0) is 29.5 Å². The molecule has 2 rings (SSSR count). The summed E-state index contributed by atoms with van der Waals surface area (Å²) >= 11 is 1.58. The summed E-state index contributed by atoms with van der Waals surface area (Å²) in [5.74, 6) is 0.903. The lowest BCUT2D eigenvalue weighted by Crippen LogP contribution is -2.33. The van der Waals surface area contributed by atoms with E-state index in [1.165, 1.54) is 10.4 Å². The van der Waals surface area contributed by atoms with Crippen LogP contribution in [0.5, 0.6) is 5.75 Å². The summed E-state index contributed by atoms with van der Waals surface area (Å²) in [5.41, 5.74) is 7.34. The molecule has 0 amide bonds. The van der Waals surface area contributed by atoms with Crippen LogP contribution < -0.4 is 10.5 Å². The lowest BCUT2D eigenvalue weighted by atomic mass is 9.95. The number of hydrogen-bond acceptors (Lipinski definition) is 5. The predicted octanol–water partition coefficient (Wildman–Crippen LogP) is 4.25. The molecule has 0 spiro atoms. The highest BCUT2D eigenvalue weighted by molar-refractivity contribution is 7.15. The smallest absolute Gasteiger partial charge is 0.180 e. The summed E-state index contributed by atoms with van der Waals surface area (Å²) in [6.45, 7) is 9.78. The average Bonchev–Trinajstić information content (AvgIpc) is 2.89. The number of ether oxygens (including phenoxy) is 1. The van der Waals surface area contributed by atoms with Crippen LogP contribution in [0.1, 0.15) is 31.2 Å². The highest BCUT2D eigenvalue weighted by Gasteiger charge is 2.17. The fourth-order valence-corrected chi connectivity index (χ4v) is 3.31. The lowest BCUT2D eigenvalue weighted by molar-refractivity contribution is 0.187. The Morgan fingerprint density at radius 1 is 1.21 bits per heavy atom. The van der Waals surface area contributed by atoms with Crippen molar-refractivity contribution in [1.82, 2.24) is 9.88 Å². The van der Waals surface area contributed by atoms with Gasteiger partial charge in [0.05, 0.1) is 7.11 Å². The van der Waals surface area contributed by atoms with E-state index in [0.717, 1.165) is 31.8 Å². The summed E-state index contributed by atoms with van der Waals surface area (Å²) in [6, 6.07) is 8.32. The van der Waals surface area contributed by atoms with Crippen LogP contribution >= 0.6 is 23.7 Å². The maximum absolute atomic E-state index is 5.75. The topological polar surface area (TPSA) is 51.4 Å². The molecule has 6 heteroatoms. The molecular formula is C18H28ClN3OS. The van der Waals surface area contributed by atoms with Crippen molar-refractivity contribution in [2.24, 2.45) is 5.41 Å². The van der Waals surface area contributed by atoms with Crippen molar-refractivity contribution < 1.29 is 4.74 Å². The van der Waals surface area contributed by atoms with E-state index in [9.17, 15) is 0 Å². The van der Waals surface area contributed by atoms with Gasteiger partial charge in [-0.1, -0.05) is 32.9 Å². The zero-order valence-electron chi connectivity index (χ0n) is 14.9. The molecule has 0 bridgehead atoms. The molecule has 1 aromatic carbocycles. The Morgan fingerprint density at radius 3 is 2.38 bits per heavy atom. The second kappa shape index (κ2) is 9.25. The summed E-state index contributed by atoms with van der Waals surface area (Å²) in [5, 5.41) is 0.644. The van der Waals surface area contributed by atoms with E-state index >= 15 is 0 Å². The van der Waals surface area contributed by atoms with Crippen LogP contribution in [0.4, 0.5) is 5.13 Å². The zero-order chi connectivity index (χ0) is 16.9. The number of nitrogens with two attached hydrogens (primary N) is 1. The molecule has 24 heavy (non-hydrogen) atoms. The number of anilines is 1. The van der Waals surface area contributed by atoms with Gasteiger partial charge in [0, 0.05) is 30.7 Å². The van der Waals surface area contributed by atoms with Crippen molar-refractivity contribution in [2.75, 3.05) is 25.9 Å². The molecule has 0 aliphatic rings. The van der Waals surface area contributed by atoms with Gasteiger partial charge in [0.15, 0.2) is 5.13 Å². The Balaban J connectivity index is 0.00000288. The summed E-state index contributed by atoms with van der Waals surface area (Å²) in [7, 11) is 1.70. The van der Waals surface area contributed by atoms with E-state index in [1.807, 2.05) is 18.3 Å². The van der Waals surface area contributed by atoms with Crippen molar-refractivity contribution >= 4 is 28.9 Å². The van der Waals surface area contributed by atoms with Crippen molar-refractivity contribution in [2.45, 2.75) is 33.7 Å². The van der Waals surface area contributed by atoms with Gasteiger partial charge in [0.1, 0.15) is 5.75 Å². The summed E-state index contributed by atoms with van der Waals surface area (Å²) in [4.78, 5) is 7.87. The van der Waals surface area contributed by atoms with Gasteiger partial charge < -0.3 is 10.5 Å². The predicted molar refractivity (Wildman–Crippen MR) is 105 cm³/mol. The van der Waals surface area contributed by atoms with Crippen molar-refractivity contribution in [1.29, 1.82) is 0 Å². The van der Waals surface area contributed by atoms with E-state index < -0.39 is 0 Å². The number of halogens is 1. The molecule has 0 aliphatic heterocycles. The minimum absolute atomic E-state index is 0. The monoisotopic (exact) mass is 369 g/mol. The first kappa shape index (κ1) is 20.7. The average molecular weight is 370 g/mol. The molecule has 134 valence electrons. The summed E-state index contributed by atoms with van der Waals surface area (Å²) < 4.78 is 5.21. The molecule has 1 aromatic heterocycles. The van der Waals surface area contributed by atoms with Gasteiger partial charge in [0.25, 0.3) is 0 Å². The van der Waals surface area contributed by atoms with Gasteiger partial charge in [-0.25, -0.2) is 4.98 Å². The maximum Gasteiger partial charge on any atom is 0.180 e. The molecule has 2 aromatic rings. The standard InChI is InChI=1S/C18H27N3OS.ClH/c1-18(2,3)13-21(12-16-11-20-17(19)23-16)10-9-14-5-7-15(22-4)8-6-14;/h5-8,11H,9-10,12-13H2,1-4H3,(H2,19,20);1H. The SMILES string of the molecule is COc1ccc(CCN(Cc2cnc(N)s2)CC(C)(C)C)cc1.Cl. The number of hydrogen-bond donors (Lipinski definition) is 1. The third-order valence-corrected chi connectivity index (χ3v) is 4.34. The normalized spacial score (nSPS) is 11.4. The first-order valence-corrected chi connectivity index (χ1v) is 8.73. The second-order valence-corrected chi connectivity index (χ2v) is 8.18. The molecule has 0 fully saturated rings. The fraction of sp³-hybridized carbons (Fsp3) is 0.500. The van der Waals surface area contributed by atoms with E-state index in [1.54, 1.807) is 18.4 Å². The minimum atomic E-state index is 0. The van der Waals surface area contributed by atoms with E-state index in [-0.39, 0.29) is 17.8 Å². The minimum Gasteiger partial charge on any atom is -0.497 e. The highest BCUT2D eigenvalue weighted by Crippen LogP contribution is 2.21. The van der Waals surface area contributed by atoms with Crippen LogP contribution in [0.15, 0.2) is 30.5 Å². The molecule has 2 N–H and O–H groups in total. The molecule has 4 nitrogen and oxygen atoms in total. The van der Waals surface area contributed by atoms with Gasteiger partial charge in [-0.2, -0.15) is 0 Å². The molecule has 0 radical (unpaired) electrons. The Hall–Kier alpha value is -1.30. The number of nitrogens with zero attached hydrogens (tertiary/aromatic N) is 2.